The van der Waals surface area contributed by atoms with E-state index in [4.69, 9.17) is 9.47 Å². The number of hydrogen-bond donors (Lipinski definition) is 0. The summed E-state index contributed by atoms with van der Waals surface area (Å²) < 4.78 is 10.7. The lowest BCUT2D eigenvalue weighted by atomic mass is 9.96. The Hall–Kier alpha value is -2.13. The van der Waals surface area contributed by atoms with Crippen molar-refractivity contribution in [2.24, 2.45) is 0 Å². The van der Waals surface area contributed by atoms with Gasteiger partial charge in [0.1, 0.15) is 6.10 Å². The van der Waals surface area contributed by atoms with Gasteiger partial charge in [-0.1, -0.05) is 42.5 Å². The summed E-state index contributed by atoms with van der Waals surface area (Å²) in [5.41, 5.74) is 4.57. The third kappa shape index (κ3) is 3.04. The Balaban J connectivity index is 1.81. The first-order valence-corrected chi connectivity index (χ1v) is 7.58. The molecule has 0 bridgehead atoms. The van der Waals surface area contributed by atoms with Crippen LogP contribution in [0.25, 0.3) is 11.1 Å². The van der Waals surface area contributed by atoms with Gasteiger partial charge in [-0.15, -0.1) is 0 Å². The van der Waals surface area contributed by atoms with E-state index in [9.17, 15) is 4.79 Å². The van der Waals surface area contributed by atoms with Crippen LogP contribution in [-0.2, 0) is 14.3 Å². The standard InChI is InChI=1S/C19H20O3/c1-12(2)21-19(20)18-17(22-18)15-10-9-13(3)16(11-15)14-7-5-4-6-8-14/h4-12,17-18H,1-3H3. The molecule has 0 N–H and O–H groups in total. The van der Waals surface area contributed by atoms with Gasteiger partial charge in [-0.05, 0) is 49.1 Å². The highest BCUT2D eigenvalue weighted by Crippen LogP contribution is 2.41. The predicted molar refractivity (Wildman–Crippen MR) is 85.5 cm³/mol. The Kier molecular flexibility index (Phi) is 3.99. The van der Waals surface area contributed by atoms with Gasteiger partial charge in [0, 0.05) is 0 Å². The Morgan fingerprint density at radius 3 is 2.55 bits per heavy atom. The van der Waals surface area contributed by atoms with Gasteiger partial charge in [0.15, 0.2) is 6.10 Å². The summed E-state index contributed by atoms with van der Waals surface area (Å²) in [4.78, 5) is 11.9. The van der Waals surface area contributed by atoms with Crippen molar-refractivity contribution in [1.82, 2.24) is 0 Å². The van der Waals surface area contributed by atoms with E-state index in [2.05, 4.69) is 31.2 Å². The number of benzene rings is 2. The molecule has 3 nitrogen and oxygen atoms in total. The summed E-state index contributed by atoms with van der Waals surface area (Å²) in [6.45, 7) is 5.77. The Labute approximate surface area is 130 Å². The van der Waals surface area contributed by atoms with Crippen molar-refractivity contribution in [3.63, 3.8) is 0 Å². The number of rotatable bonds is 4. The molecule has 0 spiro atoms. The van der Waals surface area contributed by atoms with Crippen LogP contribution < -0.4 is 0 Å². The van der Waals surface area contributed by atoms with E-state index in [1.54, 1.807) is 0 Å². The normalized spacial score (nSPS) is 20.0. The number of epoxide rings is 1. The lowest BCUT2D eigenvalue weighted by molar-refractivity contribution is -0.148. The molecule has 2 atom stereocenters. The van der Waals surface area contributed by atoms with Crippen LogP contribution in [0.15, 0.2) is 48.5 Å². The number of ether oxygens (including phenoxy) is 2. The zero-order chi connectivity index (χ0) is 15.7. The van der Waals surface area contributed by atoms with E-state index in [0.29, 0.717) is 0 Å². The number of aryl methyl sites for hydroxylation is 1. The topological polar surface area (TPSA) is 38.8 Å². The van der Waals surface area contributed by atoms with Gasteiger partial charge in [-0.2, -0.15) is 0 Å². The molecule has 1 aliphatic rings. The van der Waals surface area contributed by atoms with Crippen LogP contribution in [0.3, 0.4) is 0 Å². The van der Waals surface area contributed by atoms with Gasteiger partial charge in [-0.25, -0.2) is 4.79 Å². The van der Waals surface area contributed by atoms with Crippen LogP contribution in [-0.4, -0.2) is 18.2 Å². The monoisotopic (exact) mass is 296 g/mol. The molecule has 1 saturated heterocycles. The average Bonchev–Trinajstić information content (AvgIpc) is 3.28. The molecular formula is C19H20O3. The molecule has 2 aromatic rings. The Morgan fingerprint density at radius 1 is 1.14 bits per heavy atom. The van der Waals surface area contributed by atoms with Crippen molar-refractivity contribution >= 4 is 5.97 Å². The summed E-state index contributed by atoms with van der Waals surface area (Å²) in [6, 6.07) is 16.4. The Morgan fingerprint density at radius 2 is 1.86 bits per heavy atom. The smallest absolute Gasteiger partial charge is 0.338 e. The van der Waals surface area contributed by atoms with Crippen molar-refractivity contribution in [2.75, 3.05) is 0 Å². The minimum atomic E-state index is -0.464. The van der Waals surface area contributed by atoms with Crippen molar-refractivity contribution < 1.29 is 14.3 Å². The minimum absolute atomic E-state index is 0.116. The SMILES string of the molecule is Cc1ccc(C2OC2C(=O)OC(C)C)cc1-c1ccccc1. The molecule has 3 rings (SSSR count). The molecule has 0 aromatic heterocycles. The quantitative estimate of drug-likeness (QED) is 0.631. The first kappa shape index (κ1) is 14.8. The van der Waals surface area contributed by atoms with E-state index in [1.165, 1.54) is 16.7 Å². The largest absolute Gasteiger partial charge is 0.461 e. The second-order valence-electron chi connectivity index (χ2n) is 5.90. The van der Waals surface area contributed by atoms with Crippen molar-refractivity contribution in [1.29, 1.82) is 0 Å². The van der Waals surface area contributed by atoms with E-state index < -0.39 is 6.10 Å². The first-order chi connectivity index (χ1) is 10.6. The van der Waals surface area contributed by atoms with Gasteiger partial charge in [-0.3, -0.25) is 0 Å². The fourth-order valence-corrected chi connectivity index (χ4v) is 2.59. The third-order valence-electron chi connectivity index (χ3n) is 3.75. The molecule has 3 heteroatoms. The van der Waals surface area contributed by atoms with Gasteiger partial charge in [0.2, 0.25) is 0 Å². The minimum Gasteiger partial charge on any atom is -0.461 e. The lowest BCUT2D eigenvalue weighted by Crippen LogP contribution is -2.17. The molecule has 1 fully saturated rings. The van der Waals surface area contributed by atoms with Gasteiger partial charge in [0.05, 0.1) is 6.10 Å². The fourth-order valence-electron chi connectivity index (χ4n) is 2.59. The molecule has 0 saturated carbocycles. The van der Waals surface area contributed by atoms with E-state index in [-0.39, 0.29) is 18.2 Å². The van der Waals surface area contributed by atoms with Crippen LogP contribution in [0.5, 0.6) is 0 Å². The summed E-state index contributed by atoms with van der Waals surface area (Å²) in [5.74, 6) is -0.276. The first-order valence-electron chi connectivity index (χ1n) is 7.58. The summed E-state index contributed by atoms with van der Waals surface area (Å²) in [5, 5.41) is 0. The fraction of sp³-hybridized carbons (Fsp3) is 0.316. The van der Waals surface area contributed by atoms with Crippen molar-refractivity contribution in [3.8, 4) is 11.1 Å². The van der Waals surface area contributed by atoms with E-state index in [1.807, 2.05) is 38.1 Å². The second-order valence-corrected chi connectivity index (χ2v) is 5.90. The summed E-state index contributed by atoms with van der Waals surface area (Å²) in [6.07, 6.45) is -0.765. The van der Waals surface area contributed by atoms with Crippen LogP contribution in [0.2, 0.25) is 0 Å². The highest BCUT2D eigenvalue weighted by atomic mass is 16.6. The van der Waals surface area contributed by atoms with E-state index in [0.717, 1.165) is 5.56 Å². The number of carbonyl (C=O) groups excluding carboxylic acids is 1. The second kappa shape index (κ2) is 5.93. The number of carbonyl (C=O) groups is 1. The highest BCUT2D eigenvalue weighted by molar-refractivity contribution is 5.79. The zero-order valence-electron chi connectivity index (χ0n) is 13.1. The maximum Gasteiger partial charge on any atom is 0.338 e. The lowest BCUT2D eigenvalue weighted by Gasteiger charge is -2.08. The summed E-state index contributed by atoms with van der Waals surface area (Å²) >= 11 is 0. The molecule has 114 valence electrons. The van der Waals surface area contributed by atoms with Crippen LogP contribution in [0.1, 0.15) is 31.1 Å². The van der Waals surface area contributed by atoms with E-state index >= 15 is 0 Å². The molecule has 0 aliphatic carbocycles. The summed E-state index contributed by atoms with van der Waals surface area (Å²) in [7, 11) is 0. The Bertz CT molecular complexity index is 676. The molecule has 22 heavy (non-hydrogen) atoms. The number of esters is 1. The molecular weight excluding hydrogens is 276 g/mol. The molecule has 2 aromatic carbocycles. The maximum atomic E-state index is 11.9. The predicted octanol–water partition coefficient (Wildman–Crippen LogP) is 4.05. The van der Waals surface area contributed by atoms with Crippen LogP contribution >= 0.6 is 0 Å². The van der Waals surface area contributed by atoms with Crippen LogP contribution in [0.4, 0.5) is 0 Å². The third-order valence-corrected chi connectivity index (χ3v) is 3.75. The number of hydrogen-bond acceptors (Lipinski definition) is 3. The van der Waals surface area contributed by atoms with Gasteiger partial charge >= 0.3 is 5.97 Å². The van der Waals surface area contributed by atoms with Gasteiger partial charge in [0.25, 0.3) is 0 Å². The molecule has 0 amide bonds. The molecule has 1 aliphatic heterocycles. The zero-order valence-corrected chi connectivity index (χ0v) is 13.1. The van der Waals surface area contributed by atoms with Crippen LogP contribution in [0, 0.1) is 6.92 Å². The molecule has 0 radical (unpaired) electrons. The van der Waals surface area contributed by atoms with Crippen molar-refractivity contribution in [2.45, 2.75) is 39.1 Å². The maximum absolute atomic E-state index is 11.9. The van der Waals surface area contributed by atoms with Crippen molar-refractivity contribution in [3.05, 3.63) is 59.7 Å². The highest BCUT2D eigenvalue weighted by Gasteiger charge is 2.47. The van der Waals surface area contributed by atoms with Gasteiger partial charge < -0.3 is 9.47 Å². The molecule has 2 unspecified atom stereocenters. The average molecular weight is 296 g/mol. The molecule has 1 heterocycles.